The Hall–Kier alpha value is -5.31. The number of likely N-dealkylation sites (tertiary alicyclic amines) is 1. The summed E-state index contributed by atoms with van der Waals surface area (Å²) in [4.78, 5) is 52.1. The van der Waals surface area contributed by atoms with Crippen molar-refractivity contribution in [2.24, 2.45) is 11.7 Å². The molecule has 0 aliphatic carbocycles. The molecule has 46 heavy (non-hydrogen) atoms. The number of carboxylic acids is 1. The van der Waals surface area contributed by atoms with Crippen LogP contribution in [0.15, 0.2) is 65.6 Å². The van der Waals surface area contributed by atoms with Crippen molar-refractivity contribution >= 4 is 45.1 Å². The topological polar surface area (TPSA) is 204 Å². The fraction of sp³-hybridized carbons (Fsp3) is 0.290. The molecular weight excluding hydrogens is 620 g/mol. The first-order chi connectivity index (χ1) is 21.8. The number of aliphatic carboxylic acids is 1. The average molecular weight is 655 g/mol. The summed E-state index contributed by atoms with van der Waals surface area (Å²) < 4.78 is 41.3. The molecule has 244 valence electrons. The average Bonchev–Trinajstić information content (AvgIpc) is 3.48. The van der Waals surface area contributed by atoms with Crippen molar-refractivity contribution in [3.63, 3.8) is 0 Å². The van der Waals surface area contributed by atoms with E-state index in [1.54, 1.807) is 30.3 Å². The fourth-order valence-electron chi connectivity index (χ4n) is 5.46. The number of sulfone groups is 1. The van der Waals surface area contributed by atoms with E-state index in [0.29, 0.717) is 22.7 Å². The Bertz CT molecular complexity index is 1780. The molecule has 1 saturated heterocycles. The summed E-state index contributed by atoms with van der Waals surface area (Å²) in [5.74, 6) is -3.01. The maximum Gasteiger partial charge on any atom is 0.411 e. The Kier molecular flexibility index (Phi) is 10.1. The lowest BCUT2D eigenvalue weighted by Crippen LogP contribution is -2.40. The van der Waals surface area contributed by atoms with E-state index in [0.717, 1.165) is 13.4 Å². The summed E-state index contributed by atoms with van der Waals surface area (Å²) >= 11 is 0. The second-order valence-corrected chi connectivity index (χ2v) is 12.5. The number of nitrogens with one attached hydrogen (secondary N) is 2. The number of primary amides is 1. The number of ether oxygens (including phenoxy) is 3. The van der Waals surface area contributed by atoms with Crippen LogP contribution in [0.2, 0.25) is 0 Å². The third kappa shape index (κ3) is 7.15. The third-order valence-electron chi connectivity index (χ3n) is 7.60. The molecular formula is C31H34N4O10S. The number of methoxy groups -OCH3 is 3. The van der Waals surface area contributed by atoms with Gasteiger partial charge in [0, 0.05) is 29.7 Å². The van der Waals surface area contributed by atoms with E-state index in [4.69, 9.17) is 15.2 Å². The summed E-state index contributed by atoms with van der Waals surface area (Å²) in [6.07, 6.45) is 0.151. The molecule has 0 spiro atoms. The Morgan fingerprint density at radius 3 is 2.28 bits per heavy atom. The Balaban J connectivity index is 1.89. The van der Waals surface area contributed by atoms with Gasteiger partial charge in [-0.2, -0.15) is 0 Å². The van der Waals surface area contributed by atoms with Gasteiger partial charge >= 0.3 is 12.1 Å². The lowest BCUT2D eigenvalue weighted by Gasteiger charge is -2.32. The molecule has 0 bridgehead atoms. The summed E-state index contributed by atoms with van der Waals surface area (Å²) in [5.41, 5.74) is 6.55. The van der Waals surface area contributed by atoms with E-state index in [-0.39, 0.29) is 34.7 Å². The van der Waals surface area contributed by atoms with Crippen LogP contribution in [0.1, 0.15) is 40.0 Å². The van der Waals surface area contributed by atoms with Gasteiger partial charge in [0.1, 0.15) is 6.04 Å². The number of amides is 3. The van der Waals surface area contributed by atoms with Crippen molar-refractivity contribution < 1.29 is 46.9 Å². The van der Waals surface area contributed by atoms with Crippen LogP contribution < -0.4 is 25.8 Å². The molecule has 1 heterocycles. The van der Waals surface area contributed by atoms with Gasteiger partial charge in [0.2, 0.25) is 11.8 Å². The number of carbonyl (C=O) groups is 4. The summed E-state index contributed by atoms with van der Waals surface area (Å²) in [6, 6.07) is 12.5. The zero-order valence-corrected chi connectivity index (χ0v) is 26.3. The van der Waals surface area contributed by atoms with Crippen LogP contribution in [0, 0.1) is 5.92 Å². The molecule has 14 nitrogen and oxygen atoms in total. The number of benzene rings is 3. The minimum absolute atomic E-state index is 0.0106. The molecule has 3 aromatic rings. The molecule has 0 radical (unpaired) electrons. The molecule has 1 aliphatic rings. The van der Waals surface area contributed by atoms with E-state index in [1.807, 2.05) is 0 Å². The molecule has 3 aromatic carbocycles. The first-order valence-electron chi connectivity index (χ1n) is 13.9. The molecule has 5 N–H and O–H groups in total. The second-order valence-electron chi connectivity index (χ2n) is 10.5. The van der Waals surface area contributed by atoms with Gasteiger partial charge in [0.25, 0.3) is 0 Å². The number of hydrogen-bond acceptors (Lipinski definition) is 10. The van der Waals surface area contributed by atoms with Gasteiger partial charge in [-0.05, 0) is 66.1 Å². The Labute approximate surface area is 265 Å². The van der Waals surface area contributed by atoms with Crippen LogP contribution in [0.3, 0.4) is 0 Å². The molecule has 1 fully saturated rings. The predicted molar refractivity (Wildman–Crippen MR) is 167 cm³/mol. The van der Waals surface area contributed by atoms with Crippen LogP contribution in [-0.2, 0) is 24.2 Å². The van der Waals surface area contributed by atoms with Crippen molar-refractivity contribution in [1.82, 2.24) is 4.90 Å². The van der Waals surface area contributed by atoms with Crippen LogP contribution in [0.5, 0.6) is 11.5 Å². The van der Waals surface area contributed by atoms with E-state index in [1.165, 1.54) is 49.5 Å². The minimum atomic E-state index is -3.94. The van der Waals surface area contributed by atoms with Gasteiger partial charge in [-0.1, -0.05) is 12.1 Å². The van der Waals surface area contributed by atoms with Crippen LogP contribution in [-0.4, -0.2) is 76.4 Å². The van der Waals surface area contributed by atoms with E-state index in [2.05, 4.69) is 15.4 Å². The number of carbonyl (C=O) groups excluding carboxylic acids is 3. The molecule has 0 saturated carbocycles. The zero-order chi connectivity index (χ0) is 33.8. The van der Waals surface area contributed by atoms with Gasteiger partial charge in [-0.15, -0.1) is 0 Å². The van der Waals surface area contributed by atoms with Crippen LogP contribution in [0.25, 0.3) is 0 Å². The third-order valence-corrected chi connectivity index (χ3v) is 8.77. The first kappa shape index (κ1) is 33.6. The number of carboxylic acid groups (broad SMARTS) is 1. The molecule has 0 aromatic heterocycles. The number of anilines is 2. The number of hydrogen-bond donors (Lipinski definition) is 4. The van der Waals surface area contributed by atoms with E-state index < -0.39 is 51.7 Å². The van der Waals surface area contributed by atoms with Crippen LogP contribution in [0.4, 0.5) is 16.2 Å². The summed E-state index contributed by atoms with van der Waals surface area (Å²) in [6.45, 7) is -0.0366. The molecule has 1 unspecified atom stereocenters. The highest BCUT2D eigenvalue weighted by atomic mass is 32.2. The Morgan fingerprint density at radius 1 is 0.957 bits per heavy atom. The maximum atomic E-state index is 14.6. The normalized spacial score (nSPS) is 16.7. The van der Waals surface area contributed by atoms with Crippen molar-refractivity contribution in [3.05, 3.63) is 77.4 Å². The highest BCUT2D eigenvalue weighted by Crippen LogP contribution is 2.43. The fourth-order valence-corrected chi connectivity index (χ4v) is 6.38. The second kappa shape index (κ2) is 13.8. The standard InChI is InChI=1S/C31H34N4O10S/c1-43-23-10-8-17(15-24(23)44-2)26(33-19-7-5-6-18(14-19)28(32)36)29(37)35-13-12-21(30(38)39)27(35)22-16-20(34-31(40)45-3)9-11-25(22)46(4,41)42/h5-11,14-16,21,26-27,33H,12-13H2,1-4H3,(H2,32,36)(H,34,40)(H,38,39)/t21?,26-,27-/m1/s1. The van der Waals surface area contributed by atoms with E-state index >= 15 is 0 Å². The lowest BCUT2D eigenvalue weighted by atomic mass is 9.92. The molecule has 15 heteroatoms. The van der Waals surface area contributed by atoms with Crippen LogP contribution >= 0.6 is 0 Å². The van der Waals surface area contributed by atoms with Gasteiger partial charge in [-0.3, -0.25) is 19.7 Å². The predicted octanol–water partition coefficient (Wildman–Crippen LogP) is 3.21. The van der Waals surface area contributed by atoms with Crippen molar-refractivity contribution in [2.75, 3.05) is 44.8 Å². The number of rotatable bonds is 11. The van der Waals surface area contributed by atoms with Crippen molar-refractivity contribution in [3.8, 4) is 11.5 Å². The van der Waals surface area contributed by atoms with E-state index in [9.17, 15) is 32.7 Å². The first-order valence-corrected chi connectivity index (χ1v) is 15.8. The highest BCUT2D eigenvalue weighted by Gasteiger charge is 2.46. The van der Waals surface area contributed by atoms with Gasteiger partial charge in [-0.25, -0.2) is 13.2 Å². The highest BCUT2D eigenvalue weighted by molar-refractivity contribution is 7.90. The lowest BCUT2D eigenvalue weighted by molar-refractivity contribution is -0.143. The monoisotopic (exact) mass is 654 g/mol. The molecule has 3 atom stereocenters. The quantitative estimate of drug-likeness (QED) is 0.236. The Morgan fingerprint density at radius 2 is 1.67 bits per heavy atom. The summed E-state index contributed by atoms with van der Waals surface area (Å²) in [7, 11) is 0.101. The molecule has 1 aliphatic heterocycles. The molecule has 3 amide bonds. The summed E-state index contributed by atoms with van der Waals surface area (Å²) in [5, 5.41) is 15.8. The zero-order valence-electron chi connectivity index (χ0n) is 25.5. The van der Waals surface area contributed by atoms with Gasteiger partial charge in [0.15, 0.2) is 21.3 Å². The van der Waals surface area contributed by atoms with Crippen molar-refractivity contribution in [1.29, 1.82) is 0 Å². The number of nitrogens with two attached hydrogens (primary N) is 1. The number of nitrogens with zero attached hydrogens (tertiary/aromatic N) is 1. The van der Waals surface area contributed by atoms with Gasteiger partial charge in [0.05, 0.1) is 38.2 Å². The molecule has 4 rings (SSSR count). The largest absolute Gasteiger partial charge is 0.493 e. The van der Waals surface area contributed by atoms with Gasteiger partial charge < -0.3 is 35.3 Å². The SMILES string of the molecule is COC(=O)Nc1ccc(S(C)(=O)=O)c([C@H]2C(C(=O)O)CCN2C(=O)[C@H](Nc2cccc(C(N)=O)c2)c2ccc(OC)c(OC)c2)c1. The minimum Gasteiger partial charge on any atom is -0.493 e. The maximum absolute atomic E-state index is 14.6. The smallest absolute Gasteiger partial charge is 0.411 e. The van der Waals surface area contributed by atoms with Crippen molar-refractivity contribution in [2.45, 2.75) is 23.4 Å².